The zero-order valence-corrected chi connectivity index (χ0v) is 12.1. The van der Waals surface area contributed by atoms with E-state index in [0.29, 0.717) is 24.5 Å². The Morgan fingerprint density at radius 1 is 1.20 bits per heavy atom. The summed E-state index contributed by atoms with van der Waals surface area (Å²) in [5.41, 5.74) is 1.09. The first-order valence-corrected chi connectivity index (χ1v) is 6.86. The highest BCUT2D eigenvalue weighted by Crippen LogP contribution is 2.09. The van der Waals surface area contributed by atoms with Gasteiger partial charge in [-0.3, -0.25) is 4.79 Å². The van der Waals surface area contributed by atoms with Crippen molar-refractivity contribution in [3.05, 3.63) is 34.9 Å². The van der Waals surface area contributed by atoms with Gasteiger partial charge in [0.2, 0.25) is 0 Å². The number of carbonyl (C=O) groups excluding carboxylic acids is 1. The molecule has 1 atom stereocenters. The second kappa shape index (κ2) is 8.43. The summed E-state index contributed by atoms with van der Waals surface area (Å²) in [6.07, 6.45) is 1.13. The number of hydrogen-bond donors (Lipinski definition) is 3. The number of rotatable bonds is 7. The predicted molar refractivity (Wildman–Crippen MR) is 78.0 cm³/mol. The molecule has 0 aliphatic rings. The molecule has 1 rings (SSSR count). The maximum atomic E-state index is 11.4. The Morgan fingerprint density at radius 3 is 2.40 bits per heavy atom. The Kier molecular flexibility index (Phi) is 6.87. The summed E-state index contributed by atoms with van der Waals surface area (Å²) in [4.78, 5) is 22.0. The summed E-state index contributed by atoms with van der Waals surface area (Å²) in [5.74, 6) is -1.31. The number of urea groups is 1. The third-order valence-electron chi connectivity index (χ3n) is 2.90. The smallest absolute Gasteiger partial charge is 0.314 e. The van der Waals surface area contributed by atoms with E-state index >= 15 is 0 Å². The molecule has 5 nitrogen and oxygen atoms in total. The summed E-state index contributed by atoms with van der Waals surface area (Å²) in [7, 11) is 0. The lowest BCUT2D eigenvalue weighted by Gasteiger charge is -2.09. The Labute approximate surface area is 123 Å². The van der Waals surface area contributed by atoms with Gasteiger partial charge in [-0.15, -0.1) is 0 Å². The lowest BCUT2D eigenvalue weighted by atomic mass is 10.1. The van der Waals surface area contributed by atoms with Crippen molar-refractivity contribution in [3.63, 3.8) is 0 Å². The Balaban J connectivity index is 2.14. The first-order valence-electron chi connectivity index (χ1n) is 6.48. The van der Waals surface area contributed by atoms with Gasteiger partial charge in [-0.2, -0.15) is 0 Å². The molecule has 1 unspecified atom stereocenters. The van der Waals surface area contributed by atoms with E-state index in [4.69, 9.17) is 16.7 Å². The molecule has 1 aromatic rings. The fourth-order valence-corrected chi connectivity index (χ4v) is 1.69. The van der Waals surface area contributed by atoms with Crippen LogP contribution in [0.4, 0.5) is 4.79 Å². The third-order valence-corrected chi connectivity index (χ3v) is 3.15. The minimum absolute atomic E-state index is 0.281. The lowest BCUT2D eigenvalue weighted by molar-refractivity contribution is -0.141. The fraction of sp³-hybridized carbons (Fsp3) is 0.429. The van der Waals surface area contributed by atoms with Crippen LogP contribution in [0.3, 0.4) is 0 Å². The first-order chi connectivity index (χ1) is 9.49. The number of carboxylic acids is 1. The maximum absolute atomic E-state index is 11.4. The molecule has 1 aromatic carbocycles. The summed E-state index contributed by atoms with van der Waals surface area (Å²) < 4.78 is 0. The summed E-state index contributed by atoms with van der Waals surface area (Å²) >= 11 is 5.78. The quantitative estimate of drug-likeness (QED) is 0.722. The molecule has 0 aliphatic heterocycles. The first kappa shape index (κ1) is 16.3. The lowest BCUT2D eigenvalue weighted by Crippen LogP contribution is -2.37. The van der Waals surface area contributed by atoms with Crippen molar-refractivity contribution in [3.8, 4) is 0 Å². The van der Waals surface area contributed by atoms with E-state index in [0.717, 1.165) is 12.0 Å². The molecule has 0 saturated heterocycles. The second-order valence-corrected chi connectivity index (χ2v) is 5.02. The number of nitrogens with one attached hydrogen (secondary N) is 2. The monoisotopic (exact) mass is 298 g/mol. The molecule has 0 bridgehead atoms. The van der Waals surface area contributed by atoms with Gasteiger partial charge in [-0.05, 0) is 30.5 Å². The highest BCUT2D eigenvalue weighted by atomic mass is 35.5. The van der Waals surface area contributed by atoms with Crippen LogP contribution in [0.25, 0.3) is 0 Å². The molecule has 0 spiro atoms. The Bertz CT molecular complexity index is 448. The van der Waals surface area contributed by atoms with Crippen LogP contribution in [-0.2, 0) is 11.2 Å². The molecule has 0 aromatic heterocycles. The normalized spacial score (nSPS) is 11.7. The van der Waals surface area contributed by atoms with Crippen molar-refractivity contribution in [2.45, 2.75) is 19.8 Å². The van der Waals surface area contributed by atoms with Crippen LogP contribution >= 0.6 is 11.6 Å². The summed E-state index contributed by atoms with van der Waals surface area (Å²) in [5, 5.41) is 14.7. The van der Waals surface area contributed by atoms with E-state index < -0.39 is 11.9 Å². The molecule has 0 heterocycles. The van der Waals surface area contributed by atoms with Crippen molar-refractivity contribution in [2.75, 3.05) is 13.1 Å². The van der Waals surface area contributed by atoms with Crippen LogP contribution in [0.15, 0.2) is 24.3 Å². The highest BCUT2D eigenvalue weighted by molar-refractivity contribution is 6.30. The summed E-state index contributed by atoms with van der Waals surface area (Å²) in [6, 6.07) is 7.16. The third kappa shape index (κ3) is 6.43. The average molecular weight is 299 g/mol. The number of carboxylic acid groups (broad SMARTS) is 1. The molecule has 3 N–H and O–H groups in total. The molecule has 0 radical (unpaired) electrons. The zero-order chi connectivity index (χ0) is 15.0. The van der Waals surface area contributed by atoms with Crippen molar-refractivity contribution < 1.29 is 14.7 Å². The Morgan fingerprint density at radius 2 is 1.80 bits per heavy atom. The van der Waals surface area contributed by atoms with Crippen LogP contribution in [-0.4, -0.2) is 30.2 Å². The average Bonchev–Trinajstić information content (AvgIpc) is 2.40. The molecular weight excluding hydrogens is 280 g/mol. The molecular formula is C14H19ClN2O3. The number of hydrogen-bond acceptors (Lipinski definition) is 2. The number of aliphatic carboxylic acids is 1. The number of benzene rings is 1. The van der Waals surface area contributed by atoms with E-state index in [1.807, 2.05) is 24.3 Å². The maximum Gasteiger partial charge on any atom is 0.314 e. The molecule has 0 fully saturated rings. The fourth-order valence-electron chi connectivity index (χ4n) is 1.56. The second-order valence-electron chi connectivity index (χ2n) is 4.59. The SMILES string of the molecule is CC(CCNC(=O)NCCc1ccc(Cl)cc1)C(=O)O. The standard InChI is InChI=1S/C14H19ClN2O3/c1-10(13(18)19)6-8-16-14(20)17-9-7-11-2-4-12(15)5-3-11/h2-5,10H,6-9H2,1H3,(H,18,19)(H2,16,17,20). The minimum atomic E-state index is -0.852. The molecule has 110 valence electrons. The van der Waals surface area contributed by atoms with Crippen LogP contribution in [0.5, 0.6) is 0 Å². The van der Waals surface area contributed by atoms with Crippen molar-refractivity contribution in [1.82, 2.24) is 10.6 Å². The van der Waals surface area contributed by atoms with Gasteiger partial charge in [0.05, 0.1) is 5.92 Å². The molecule has 0 saturated carbocycles. The molecule has 0 aliphatic carbocycles. The van der Waals surface area contributed by atoms with E-state index in [1.165, 1.54) is 0 Å². The van der Waals surface area contributed by atoms with Gasteiger partial charge in [0.25, 0.3) is 0 Å². The van der Waals surface area contributed by atoms with E-state index in [2.05, 4.69) is 10.6 Å². The van der Waals surface area contributed by atoms with E-state index in [-0.39, 0.29) is 6.03 Å². The van der Waals surface area contributed by atoms with Crippen molar-refractivity contribution in [1.29, 1.82) is 0 Å². The molecule has 6 heteroatoms. The largest absolute Gasteiger partial charge is 0.481 e. The molecule has 20 heavy (non-hydrogen) atoms. The van der Waals surface area contributed by atoms with Gasteiger partial charge >= 0.3 is 12.0 Å². The van der Waals surface area contributed by atoms with E-state index in [9.17, 15) is 9.59 Å². The predicted octanol–water partition coefficient (Wildman–Crippen LogP) is 2.29. The Hall–Kier alpha value is -1.75. The molecule has 2 amide bonds. The minimum Gasteiger partial charge on any atom is -0.481 e. The van der Waals surface area contributed by atoms with Crippen LogP contribution < -0.4 is 10.6 Å². The van der Waals surface area contributed by atoms with Gasteiger partial charge in [0, 0.05) is 18.1 Å². The highest BCUT2D eigenvalue weighted by Gasteiger charge is 2.10. The summed E-state index contributed by atoms with van der Waals surface area (Å²) in [6.45, 7) is 2.48. The van der Waals surface area contributed by atoms with Crippen molar-refractivity contribution in [2.24, 2.45) is 5.92 Å². The van der Waals surface area contributed by atoms with Gasteiger partial charge in [-0.1, -0.05) is 30.7 Å². The van der Waals surface area contributed by atoms with Crippen LogP contribution in [0.1, 0.15) is 18.9 Å². The zero-order valence-electron chi connectivity index (χ0n) is 11.4. The van der Waals surface area contributed by atoms with Crippen LogP contribution in [0, 0.1) is 5.92 Å². The number of amides is 2. The number of carbonyl (C=O) groups is 2. The van der Waals surface area contributed by atoms with Gasteiger partial charge < -0.3 is 15.7 Å². The van der Waals surface area contributed by atoms with Gasteiger partial charge in [-0.25, -0.2) is 4.79 Å². The van der Waals surface area contributed by atoms with E-state index in [1.54, 1.807) is 6.92 Å². The van der Waals surface area contributed by atoms with Crippen molar-refractivity contribution >= 4 is 23.6 Å². The van der Waals surface area contributed by atoms with Gasteiger partial charge in [0.15, 0.2) is 0 Å². The topological polar surface area (TPSA) is 78.4 Å². The van der Waals surface area contributed by atoms with Gasteiger partial charge in [0.1, 0.15) is 0 Å². The number of halogens is 1. The van der Waals surface area contributed by atoms with Crippen LogP contribution in [0.2, 0.25) is 5.02 Å².